The number of aliphatic imine (C=N–C) groups is 1. The van der Waals surface area contributed by atoms with Gasteiger partial charge in [0.25, 0.3) is 11.6 Å². The van der Waals surface area contributed by atoms with Gasteiger partial charge in [-0.3, -0.25) is 19.8 Å². The van der Waals surface area contributed by atoms with Crippen LogP contribution in [0, 0.1) is 10.1 Å². The van der Waals surface area contributed by atoms with Gasteiger partial charge in [-0.2, -0.15) is 4.99 Å². The molecule has 7 nitrogen and oxygen atoms in total. The van der Waals surface area contributed by atoms with E-state index < -0.39 is 4.92 Å². The summed E-state index contributed by atoms with van der Waals surface area (Å²) in [5.41, 5.74) is 0.732. The van der Waals surface area contributed by atoms with Crippen LogP contribution in [0.3, 0.4) is 0 Å². The number of non-ortho nitro benzene ring substituents is 1. The van der Waals surface area contributed by atoms with E-state index in [0.717, 1.165) is 5.56 Å². The van der Waals surface area contributed by atoms with Crippen LogP contribution in [0.1, 0.15) is 5.56 Å². The fourth-order valence-electron chi connectivity index (χ4n) is 1.85. The maximum Gasteiger partial charge on any atom is 0.269 e. The minimum Gasteiger partial charge on any atom is -0.289 e. The molecule has 1 aromatic carbocycles. The molecule has 0 unspecified atom stereocenters. The molecule has 0 saturated carbocycles. The van der Waals surface area contributed by atoms with Gasteiger partial charge >= 0.3 is 0 Å². The molecule has 1 aliphatic rings. The molecule has 116 valence electrons. The van der Waals surface area contributed by atoms with E-state index in [4.69, 9.17) is 0 Å². The van der Waals surface area contributed by atoms with Crippen LogP contribution >= 0.6 is 23.1 Å². The third kappa shape index (κ3) is 3.30. The summed E-state index contributed by atoms with van der Waals surface area (Å²) in [6.07, 6.45) is 3.34. The third-order valence-electron chi connectivity index (χ3n) is 3.02. The maximum atomic E-state index is 12.3. The molecule has 0 spiro atoms. The zero-order valence-electron chi connectivity index (χ0n) is 11.9. The smallest absolute Gasteiger partial charge is 0.269 e. The molecule has 0 N–H and O–H groups in total. The Kier molecular flexibility index (Phi) is 4.22. The number of carbonyl (C=O) groups excluding carboxylic acids is 1. The van der Waals surface area contributed by atoms with Crippen LogP contribution in [0.25, 0.3) is 6.08 Å². The number of thioether (sulfide) groups is 1. The normalized spacial score (nSPS) is 18.1. The lowest BCUT2D eigenvalue weighted by atomic mass is 10.2. The summed E-state index contributed by atoms with van der Waals surface area (Å²) in [6.45, 7) is 0. The van der Waals surface area contributed by atoms with Crippen molar-refractivity contribution in [2.24, 2.45) is 4.99 Å². The molecule has 1 aliphatic heterocycles. The van der Waals surface area contributed by atoms with Crippen LogP contribution in [-0.4, -0.2) is 32.9 Å². The van der Waals surface area contributed by atoms with Gasteiger partial charge in [-0.1, -0.05) is 0 Å². The van der Waals surface area contributed by atoms with E-state index in [1.54, 1.807) is 31.5 Å². The Morgan fingerprint density at radius 2 is 2.09 bits per heavy atom. The Balaban J connectivity index is 1.85. The van der Waals surface area contributed by atoms with E-state index in [1.807, 2.05) is 5.38 Å². The van der Waals surface area contributed by atoms with Gasteiger partial charge in [0.05, 0.1) is 9.83 Å². The van der Waals surface area contributed by atoms with Gasteiger partial charge in [0, 0.05) is 30.8 Å². The third-order valence-corrected chi connectivity index (χ3v) is 4.74. The van der Waals surface area contributed by atoms with Crippen LogP contribution in [-0.2, 0) is 4.79 Å². The van der Waals surface area contributed by atoms with Crippen molar-refractivity contribution in [1.29, 1.82) is 0 Å². The van der Waals surface area contributed by atoms with Crippen LogP contribution in [0.15, 0.2) is 45.7 Å². The summed E-state index contributed by atoms with van der Waals surface area (Å²) in [7, 11) is 1.65. The number of nitrogens with zero attached hydrogens (tertiary/aromatic N) is 4. The molecule has 0 aliphatic carbocycles. The molecule has 1 aromatic heterocycles. The molecular weight excluding hydrogens is 336 g/mol. The Morgan fingerprint density at radius 1 is 1.35 bits per heavy atom. The quantitative estimate of drug-likeness (QED) is 0.483. The fourth-order valence-corrected chi connectivity index (χ4v) is 3.38. The van der Waals surface area contributed by atoms with Gasteiger partial charge in [0.2, 0.25) is 5.13 Å². The van der Waals surface area contributed by atoms with E-state index in [1.165, 1.54) is 40.1 Å². The molecule has 2 heterocycles. The van der Waals surface area contributed by atoms with E-state index >= 15 is 0 Å². The fraction of sp³-hybridized carbons (Fsp3) is 0.0714. The second-order valence-electron chi connectivity index (χ2n) is 4.53. The minimum atomic E-state index is -0.459. The van der Waals surface area contributed by atoms with Crippen LogP contribution in [0.5, 0.6) is 0 Å². The highest BCUT2D eigenvalue weighted by molar-refractivity contribution is 8.18. The van der Waals surface area contributed by atoms with Gasteiger partial charge < -0.3 is 0 Å². The van der Waals surface area contributed by atoms with E-state index in [9.17, 15) is 14.9 Å². The molecule has 1 amide bonds. The molecule has 0 bridgehead atoms. The van der Waals surface area contributed by atoms with E-state index in [2.05, 4.69) is 9.98 Å². The van der Waals surface area contributed by atoms with Crippen molar-refractivity contribution in [3.8, 4) is 0 Å². The number of nitro benzene ring substituents is 1. The molecule has 0 radical (unpaired) electrons. The Hall–Kier alpha value is -2.52. The van der Waals surface area contributed by atoms with Gasteiger partial charge in [-0.25, -0.2) is 4.98 Å². The summed E-state index contributed by atoms with van der Waals surface area (Å²) in [5, 5.41) is 13.6. The zero-order chi connectivity index (χ0) is 16.4. The Bertz CT molecular complexity index is 813. The first-order valence-electron chi connectivity index (χ1n) is 6.45. The molecule has 3 rings (SSSR count). The average molecular weight is 346 g/mol. The summed E-state index contributed by atoms with van der Waals surface area (Å²) in [5.74, 6) is -0.163. The van der Waals surface area contributed by atoms with Gasteiger partial charge in [0.15, 0.2) is 5.17 Å². The van der Waals surface area contributed by atoms with Crippen molar-refractivity contribution in [3.05, 3.63) is 56.4 Å². The second kappa shape index (κ2) is 6.31. The summed E-state index contributed by atoms with van der Waals surface area (Å²) in [6, 6.07) is 6.03. The zero-order valence-corrected chi connectivity index (χ0v) is 13.5. The van der Waals surface area contributed by atoms with Crippen molar-refractivity contribution in [2.75, 3.05) is 7.05 Å². The lowest BCUT2D eigenvalue weighted by Gasteiger charge is -2.05. The lowest BCUT2D eigenvalue weighted by molar-refractivity contribution is -0.384. The van der Waals surface area contributed by atoms with Crippen LogP contribution in [0.2, 0.25) is 0 Å². The number of nitro groups is 1. The number of amidine groups is 1. The lowest BCUT2D eigenvalue weighted by Crippen LogP contribution is -2.23. The highest BCUT2D eigenvalue weighted by Crippen LogP contribution is 2.33. The molecule has 23 heavy (non-hydrogen) atoms. The van der Waals surface area contributed by atoms with Gasteiger partial charge in [0.1, 0.15) is 0 Å². The second-order valence-corrected chi connectivity index (χ2v) is 6.41. The van der Waals surface area contributed by atoms with Crippen molar-refractivity contribution in [3.63, 3.8) is 0 Å². The number of hydrogen-bond acceptors (Lipinski definition) is 7. The van der Waals surface area contributed by atoms with Crippen molar-refractivity contribution >= 4 is 51.1 Å². The van der Waals surface area contributed by atoms with Gasteiger partial charge in [-0.05, 0) is 35.5 Å². The first-order chi connectivity index (χ1) is 11.0. The molecule has 0 atom stereocenters. The highest BCUT2D eigenvalue weighted by atomic mass is 32.2. The monoisotopic (exact) mass is 346 g/mol. The maximum absolute atomic E-state index is 12.3. The first-order valence-corrected chi connectivity index (χ1v) is 8.14. The number of thiazole rings is 1. The van der Waals surface area contributed by atoms with Crippen LogP contribution < -0.4 is 0 Å². The van der Waals surface area contributed by atoms with Gasteiger partial charge in [-0.15, -0.1) is 11.3 Å². The summed E-state index contributed by atoms with van der Waals surface area (Å²) >= 11 is 2.64. The number of rotatable bonds is 3. The highest BCUT2D eigenvalue weighted by Gasteiger charge is 2.30. The number of hydrogen-bond donors (Lipinski definition) is 0. The summed E-state index contributed by atoms with van der Waals surface area (Å²) in [4.78, 5) is 32.8. The largest absolute Gasteiger partial charge is 0.289 e. The summed E-state index contributed by atoms with van der Waals surface area (Å²) < 4.78 is 0. The molecule has 9 heteroatoms. The first kappa shape index (κ1) is 15.4. The molecular formula is C14H10N4O3S2. The van der Waals surface area contributed by atoms with Crippen molar-refractivity contribution < 1.29 is 9.72 Å². The predicted molar refractivity (Wildman–Crippen MR) is 90.6 cm³/mol. The standard InChI is InChI=1S/C14H10N4O3S2/c1-17-12(19)11(23-14(17)16-13-15-6-7-22-13)8-9-2-4-10(5-3-9)18(20)21/h2-8H,1H3/b11-8-,16-14+. The molecule has 1 fully saturated rings. The Labute approximate surface area is 139 Å². The van der Waals surface area contributed by atoms with Crippen molar-refractivity contribution in [2.45, 2.75) is 0 Å². The van der Waals surface area contributed by atoms with E-state index in [0.29, 0.717) is 15.2 Å². The Morgan fingerprint density at radius 3 is 2.70 bits per heavy atom. The van der Waals surface area contributed by atoms with E-state index in [-0.39, 0.29) is 11.6 Å². The van der Waals surface area contributed by atoms with Crippen LogP contribution in [0.4, 0.5) is 10.8 Å². The number of carbonyl (C=O) groups is 1. The van der Waals surface area contributed by atoms with Crippen molar-refractivity contribution in [1.82, 2.24) is 9.88 Å². The number of amides is 1. The minimum absolute atomic E-state index is 0.0145. The molecule has 2 aromatic rings. The SMILES string of the molecule is CN1C(=O)/C(=C/c2ccc([N+](=O)[O-])cc2)S/C1=N/c1nccs1. The average Bonchev–Trinajstić information content (AvgIpc) is 3.13. The number of benzene rings is 1. The predicted octanol–water partition coefficient (Wildman–Crippen LogP) is 3.29. The molecule has 1 saturated heterocycles. The number of aromatic nitrogens is 1. The topological polar surface area (TPSA) is 88.7 Å². The number of likely N-dealkylation sites (N-methyl/N-ethyl adjacent to an activating group) is 1.